The van der Waals surface area contributed by atoms with Gasteiger partial charge >= 0.3 is 95.3 Å². The van der Waals surface area contributed by atoms with Gasteiger partial charge in [0.25, 0.3) is 0 Å². The standard InChI is InChI=1S/C25H16F34O/c26-10(27,12(30,31)14(34,35)16(38,39)18(42,43)20(46,47)22(50,51)24(54,55)56)6-2-4-8(7-3-1-5-9(7)60)11(28,29)13(32,33)15(36,37)17(40,41)19(44,45)21(48,49)23(52,53)25(57,58)59/h7-9,60H,1-6H2. The third-order valence-electron chi connectivity index (χ3n) is 9.05. The van der Waals surface area contributed by atoms with Crippen molar-refractivity contribution in [2.75, 3.05) is 0 Å². The number of rotatable bonds is 18. The van der Waals surface area contributed by atoms with Gasteiger partial charge in [-0.05, 0) is 31.6 Å². The zero-order valence-electron chi connectivity index (χ0n) is 27.3. The molecular weight excluding hydrogens is 962 g/mol. The number of hydrogen-bond acceptors (Lipinski definition) is 1. The monoisotopic (exact) mass is 978 g/mol. The lowest BCUT2D eigenvalue weighted by Crippen LogP contribution is -2.75. The Labute approximate surface area is 307 Å². The lowest BCUT2D eigenvalue weighted by atomic mass is 9.75. The fraction of sp³-hybridized carbons (Fsp3) is 1.00. The molecule has 35 heteroatoms. The highest BCUT2D eigenvalue weighted by atomic mass is 19.4. The van der Waals surface area contributed by atoms with Crippen LogP contribution in [0.3, 0.4) is 0 Å². The highest BCUT2D eigenvalue weighted by Gasteiger charge is 2.97. The first kappa shape index (κ1) is 55.6. The Morgan fingerprint density at radius 1 is 0.350 bits per heavy atom. The SMILES string of the molecule is OC1CCCC1C(CCCC(F)(F)C(F)(F)C(F)(F)C(F)(F)C(F)(F)C(F)(F)C(F)(F)C(F)(F)F)C(F)(F)C(F)(F)C(F)(F)C(F)(F)C(F)(F)C(F)(F)C(F)(F)C(F)(F)F. The van der Waals surface area contributed by atoms with Crippen LogP contribution in [0.5, 0.6) is 0 Å². The summed E-state index contributed by atoms with van der Waals surface area (Å²) < 4.78 is 464. The van der Waals surface area contributed by atoms with Gasteiger partial charge in [-0.1, -0.05) is 6.42 Å². The molecule has 1 saturated carbocycles. The Bertz CT molecular complexity index is 1500. The minimum absolute atomic E-state index is 0.880. The fourth-order valence-corrected chi connectivity index (χ4v) is 5.41. The quantitative estimate of drug-likeness (QED) is 0.136. The van der Waals surface area contributed by atoms with Gasteiger partial charge in [0.05, 0.1) is 6.10 Å². The van der Waals surface area contributed by atoms with E-state index in [1.165, 1.54) is 0 Å². The summed E-state index contributed by atoms with van der Waals surface area (Å²) in [5, 5.41) is 9.76. The van der Waals surface area contributed by atoms with Gasteiger partial charge < -0.3 is 5.11 Å². The second-order valence-electron chi connectivity index (χ2n) is 12.9. The van der Waals surface area contributed by atoms with E-state index in [1.807, 2.05) is 0 Å². The van der Waals surface area contributed by atoms with Crippen molar-refractivity contribution in [3.8, 4) is 0 Å². The molecular formula is C25H16F34O. The predicted molar refractivity (Wildman–Crippen MR) is 122 cm³/mol. The van der Waals surface area contributed by atoms with Crippen molar-refractivity contribution >= 4 is 0 Å². The lowest BCUT2D eigenvalue weighted by Gasteiger charge is -2.45. The van der Waals surface area contributed by atoms with E-state index in [-0.39, 0.29) is 0 Å². The van der Waals surface area contributed by atoms with E-state index in [0.717, 1.165) is 0 Å². The van der Waals surface area contributed by atoms with Gasteiger partial charge in [0.2, 0.25) is 0 Å². The second kappa shape index (κ2) is 14.8. The van der Waals surface area contributed by atoms with Crippen LogP contribution in [0.25, 0.3) is 0 Å². The summed E-state index contributed by atoms with van der Waals surface area (Å²) in [4.78, 5) is 0. The maximum atomic E-state index is 15.2. The predicted octanol–water partition coefficient (Wildman–Crippen LogP) is 13.0. The third kappa shape index (κ3) is 7.30. The maximum Gasteiger partial charge on any atom is 0.460 e. The largest absolute Gasteiger partial charge is 0.460 e. The van der Waals surface area contributed by atoms with E-state index in [1.54, 1.807) is 0 Å². The fourth-order valence-electron chi connectivity index (χ4n) is 5.41. The van der Waals surface area contributed by atoms with E-state index in [0.29, 0.717) is 0 Å². The van der Waals surface area contributed by atoms with Gasteiger partial charge in [0, 0.05) is 12.3 Å². The molecule has 0 aromatic rings. The van der Waals surface area contributed by atoms with E-state index in [4.69, 9.17) is 0 Å². The summed E-state index contributed by atoms with van der Waals surface area (Å²) in [6.45, 7) is 0. The summed E-state index contributed by atoms with van der Waals surface area (Å²) in [7, 11) is 0. The highest BCUT2D eigenvalue weighted by Crippen LogP contribution is 2.67. The average molecular weight is 978 g/mol. The van der Waals surface area contributed by atoms with E-state index in [2.05, 4.69) is 0 Å². The molecule has 0 radical (unpaired) electrons. The number of alkyl halides is 34. The zero-order chi connectivity index (χ0) is 49.0. The molecule has 0 spiro atoms. The molecule has 0 saturated heterocycles. The first-order valence-corrected chi connectivity index (χ1v) is 14.7. The van der Waals surface area contributed by atoms with Gasteiger partial charge in [-0.3, -0.25) is 0 Å². The topological polar surface area (TPSA) is 20.2 Å². The van der Waals surface area contributed by atoms with E-state index in [9.17, 15) is 146 Å². The summed E-state index contributed by atoms with van der Waals surface area (Å²) in [6, 6.07) is 0. The van der Waals surface area contributed by atoms with Crippen LogP contribution in [-0.4, -0.2) is 106 Å². The van der Waals surface area contributed by atoms with Crippen LogP contribution in [0.2, 0.25) is 0 Å². The Morgan fingerprint density at radius 2 is 0.617 bits per heavy atom. The molecule has 0 heterocycles. The van der Waals surface area contributed by atoms with Crippen LogP contribution >= 0.6 is 0 Å². The van der Waals surface area contributed by atoms with Gasteiger partial charge in [-0.25, -0.2) is 0 Å². The second-order valence-corrected chi connectivity index (χ2v) is 12.9. The number of hydrogen-bond donors (Lipinski definition) is 1. The molecule has 0 aliphatic heterocycles. The normalized spacial score (nSPS) is 20.9. The van der Waals surface area contributed by atoms with Crippen molar-refractivity contribution in [1.82, 2.24) is 0 Å². The van der Waals surface area contributed by atoms with E-state index < -0.39 is 152 Å². The Hall–Kier alpha value is -2.42. The summed E-state index contributed by atoms with van der Waals surface area (Å²) in [6.07, 6.45) is -32.2. The summed E-state index contributed by atoms with van der Waals surface area (Å²) >= 11 is 0. The highest BCUT2D eigenvalue weighted by molar-refractivity contribution is 5.17. The minimum Gasteiger partial charge on any atom is -0.393 e. The van der Waals surface area contributed by atoms with Gasteiger partial charge in [0.15, 0.2) is 0 Å². The Balaban J connectivity index is 3.80. The number of aliphatic hydroxyl groups is 1. The van der Waals surface area contributed by atoms with Crippen molar-refractivity contribution in [2.45, 2.75) is 140 Å². The van der Waals surface area contributed by atoms with Crippen LogP contribution < -0.4 is 0 Å². The molecule has 1 N–H and O–H groups in total. The van der Waals surface area contributed by atoms with Crippen LogP contribution in [0.1, 0.15) is 38.5 Å². The summed E-state index contributed by atoms with van der Waals surface area (Å²) in [5.74, 6) is -130. The first-order chi connectivity index (χ1) is 25.6. The molecule has 3 atom stereocenters. The minimum atomic E-state index is -9.24. The first-order valence-electron chi connectivity index (χ1n) is 14.7. The van der Waals surface area contributed by atoms with Gasteiger partial charge in [-0.2, -0.15) is 149 Å². The van der Waals surface area contributed by atoms with E-state index >= 15 is 8.78 Å². The van der Waals surface area contributed by atoms with Crippen LogP contribution in [0.15, 0.2) is 0 Å². The molecule has 360 valence electrons. The average Bonchev–Trinajstić information content (AvgIpc) is 3.45. The maximum absolute atomic E-state index is 15.2. The smallest absolute Gasteiger partial charge is 0.393 e. The lowest BCUT2D eigenvalue weighted by molar-refractivity contribution is -0.464. The Kier molecular flexibility index (Phi) is 13.7. The molecule has 1 nitrogen and oxygen atoms in total. The molecule has 0 amide bonds. The zero-order valence-corrected chi connectivity index (χ0v) is 27.3. The van der Waals surface area contributed by atoms with Crippen molar-refractivity contribution in [3.63, 3.8) is 0 Å². The molecule has 1 aliphatic rings. The molecule has 1 fully saturated rings. The van der Waals surface area contributed by atoms with Crippen molar-refractivity contribution < 1.29 is 154 Å². The third-order valence-corrected chi connectivity index (χ3v) is 9.05. The van der Waals surface area contributed by atoms with Crippen LogP contribution in [0.4, 0.5) is 149 Å². The number of aliphatic hydroxyl groups excluding tert-OH is 1. The van der Waals surface area contributed by atoms with Gasteiger partial charge in [0.1, 0.15) is 0 Å². The van der Waals surface area contributed by atoms with Crippen LogP contribution in [0, 0.1) is 11.8 Å². The molecule has 1 aliphatic carbocycles. The molecule has 0 aromatic carbocycles. The van der Waals surface area contributed by atoms with Crippen molar-refractivity contribution in [3.05, 3.63) is 0 Å². The molecule has 3 unspecified atom stereocenters. The van der Waals surface area contributed by atoms with Crippen molar-refractivity contribution in [1.29, 1.82) is 0 Å². The molecule has 60 heavy (non-hydrogen) atoms. The van der Waals surface area contributed by atoms with Gasteiger partial charge in [-0.15, -0.1) is 0 Å². The molecule has 1 rings (SSSR count). The molecule has 0 aromatic heterocycles. The summed E-state index contributed by atoms with van der Waals surface area (Å²) in [5.41, 5.74) is 0. The Morgan fingerprint density at radius 3 is 0.883 bits per heavy atom. The number of halogens is 34. The van der Waals surface area contributed by atoms with Crippen LogP contribution in [-0.2, 0) is 0 Å². The molecule has 0 bridgehead atoms. The van der Waals surface area contributed by atoms with Crippen molar-refractivity contribution in [2.24, 2.45) is 11.8 Å².